The minimum Gasteiger partial charge on any atom is -0.330 e. The highest BCUT2D eigenvalue weighted by Gasteiger charge is 2.19. The predicted octanol–water partition coefficient (Wildman–Crippen LogP) is 0.622. The maximum atomic E-state index is 5.75. The average molecular weight is 225 g/mol. The molecule has 0 aliphatic carbocycles. The molecular weight excluding hydrogens is 202 g/mol. The van der Waals surface area contributed by atoms with Gasteiger partial charge in [0.1, 0.15) is 0 Å². The summed E-state index contributed by atoms with van der Waals surface area (Å²) in [5.74, 6) is 0. The zero-order chi connectivity index (χ0) is 12.2. The van der Waals surface area contributed by atoms with E-state index in [1.165, 1.54) is 0 Å². The predicted molar refractivity (Wildman–Crippen MR) is 64.8 cm³/mol. The highest BCUT2D eigenvalue weighted by Crippen LogP contribution is 2.15. The van der Waals surface area contributed by atoms with E-state index in [1.54, 1.807) is 4.68 Å². The largest absolute Gasteiger partial charge is 0.330 e. The summed E-state index contributed by atoms with van der Waals surface area (Å²) in [6.45, 7) is 10.1. The Morgan fingerprint density at radius 2 is 2.19 bits per heavy atom. The molecule has 0 unspecified atom stereocenters. The first-order chi connectivity index (χ1) is 7.46. The minimum absolute atomic E-state index is 0.151. The van der Waals surface area contributed by atoms with Gasteiger partial charge in [-0.25, -0.2) is 0 Å². The summed E-state index contributed by atoms with van der Waals surface area (Å²) >= 11 is 0. The van der Waals surface area contributed by atoms with E-state index in [0.717, 1.165) is 25.3 Å². The normalized spacial score (nSPS) is 12.4. The van der Waals surface area contributed by atoms with E-state index in [1.807, 2.05) is 13.2 Å². The van der Waals surface area contributed by atoms with Crippen LogP contribution < -0.4 is 5.73 Å². The molecule has 1 heterocycles. The lowest BCUT2D eigenvalue weighted by Gasteiger charge is -2.30. The summed E-state index contributed by atoms with van der Waals surface area (Å²) in [5.41, 5.74) is 6.91. The van der Waals surface area contributed by atoms with E-state index < -0.39 is 0 Å². The van der Waals surface area contributed by atoms with E-state index in [2.05, 4.69) is 36.0 Å². The van der Waals surface area contributed by atoms with Crippen LogP contribution in [0.5, 0.6) is 0 Å². The van der Waals surface area contributed by atoms with Crippen LogP contribution in [0.1, 0.15) is 26.5 Å². The molecule has 5 nitrogen and oxygen atoms in total. The highest BCUT2D eigenvalue weighted by atomic mass is 15.4. The molecule has 0 atom stereocenters. The van der Waals surface area contributed by atoms with Gasteiger partial charge in [-0.2, -0.15) is 0 Å². The molecule has 1 aromatic rings. The Morgan fingerprint density at radius 1 is 1.50 bits per heavy atom. The lowest BCUT2D eigenvalue weighted by molar-refractivity contribution is 0.182. The Hall–Kier alpha value is -0.940. The number of hydrogen-bond acceptors (Lipinski definition) is 4. The first-order valence-corrected chi connectivity index (χ1v) is 5.74. The molecule has 5 heteroatoms. The maximum absolute atomic E-state index is 5.75. The maximum Gasteiger partial charge on any atom is 0.0967 e. The fourth-order valence-electron chi connectivity index (χ4n) is 1.65. The van der Waals surface area contributed by atoms with Gasteiger partial charge in [-0.05, 0) is 18.5 Å². The summed E-state index contributed by atoms with van der Waals surface area (Å²) in [6, 6.07) is 0. The Balaban J connectivity index is 2.55. The lowest BCUT2D eigenvalue weighted by Crippen LogP contribution is -2.38. The van der Waals surface area contributed by atoms with Crippen molar-refractivity contribution in [3.8, 4) is 0 Å². The van der Waals surface area contributed by atoms with Gasteiger partial charge in [-0.1, -0.05) is 26.0 Å². The molecule has 0 fully saturated rings. The van der Waals surface area contributed by atoms with Crippen LogP contribution in [0.2, 0.25) is 0 Å². The van der Waals surface area contributed by atoms with Crippen molar-refractivity contribution < 1.29 is 0 Å². The fraction of sp³-hybridized carbons (Fsp3) is 0.818. The van der Waals surface area contributed by atoms with Crippen molar-refractivity contribution in [3.63, 3.8) is 0 Å². The Labute approximate surface area is 97.6 Å². The molecule has 2 N–H and O–H groups in total. The number of rotatable bonds is 6. The molecule has 0 aliphatic rings. The van der Waals surface area contributed by atoms with Gasteiger partial charge in [0, 0.05) is 26.3 Å². The second-order valence-electron chi connectivity index (χ2n) is 5.06. The van der Waals surface area contributed by atoms with Crippen LogP contribution in [0.3, 0.4) is 0 Å². The SMILES string of the molecule is CCN(Cc1cn(C)nn1)CC(C)(C)CN. The molecule has 1 aromatic heterocycles. The van der Waals surface area contributed by atoms with E-state index in [-0.39, 0.29) is 5.41 Å². The van der Waals surface area contributed by atoms with Crippen molar-refractivity contribution in [1.29, 1.82) is 0 Å². The van der Waals surface area contributed by atoms with Gasteiger partial charge in [0.2, 0.25) is 0 Å². The van der Waals surface area contributed by atoms with Gasteiger partial charge in [0.25, 0.3) is 0 Å². The average Bonchev–Trinajstić information content (AvgIpc) is 2.63. The van der Waals surface area contributed by atoms with Gasteiger partial charge in [-0.15, -0.1) is 5.10 Å². The molecule has 16 heavy (non-hydrogen) atoms. The minimum atomic E-state index is 0.151. The molecule has 0 radical (unpaired) electrons. The summed E-state index contributed by atoms with van der Waals surface area (Å²) in [5, 5.41) is 8.04. The zero-order valence-corrected chi connectivity index (χ0v) is 10.8. The molecule has 0 bridgehead atoms. The topological polar surface area (TPSA) is 60.0 Å². The third-order valence-corrected chi connectivity index (χ3v) is 2.69. The molecule has 0 amide bonds. The summed E-state index contributed by atoms with van der Waals surface area (Å²) < 4.78 is 1.73. The van der Waals surface area contributed by atoms with Crippen molar-refractivity contribution >= 4 is 0 Å². The number of nitrogens with two attached hydrogens (primary N) is 1. The number of hydrogen-bond donors (Lipinski definition) is 1. The number of nitrogens with zero attached hydrogens (tertiary/aromatic N) is 4. The van der Waals surface area contributed by atoms with E-state index in [0.29, 0.717) is 6.54 Å². The monoisotopic (exact) mass is 225 g/mol. The Morgan fingerprint density at radius 3 is 2.62 bits per heavy atom. The van der Waals surface area contributed by atoms with Crippen molar-refractivity contribution in [2.24, 2.45) is 18.2 Å². The van der Waals surface area contributed by atoms with Crippen LogP contribution in [0.15, 0.2) is 6.20 Å². The quantitative estimate of drug-likeness (QED) is 0.771. The van der Waals surface area contributed by atoms with Gasteiger partial charge in [0.15, 0.2) is 0 Å². The molecule has 0 saturated heterocycles. The van der Waals surface area contributed by atoms with Crippen LogP contribution >= 0.6 is 0 Å². The van der Waals surface area contributed by atoms with Crippen LogP contribution in [0.4, 0.5) is 0 Å². The second kappa shape index (κ2) is 5.41. The zero-order valence-electron chi connectivity index (χ0n) is 10.8. The van der Waals surface area contributed by atoms with E-state index in [9.17, 15) is 0 Å². The molecule has 0 aliphatic heterocycles. The first kappa shape index (κ1) is 13.1. The molecule has 0 saturated carbocycles. The lowest BCUT2D eigenvalue weighted by atomic mass is 9.93. The second-order valence-corrected chi connectivity index (χ2v) is 5.06. The van der Waals surface area contributed by atoms with Gasteiger partial charge in [-0.3, -0.25) is 9.58 Å². The van der Waals surface area contributed by atoms with Crippen LogP contribution in [0, 0.1) is 5.41 Å². The summed E-state index contributed by atoms with van der Waals surface area (Å²) in [6.07, 6.45) is 1.96. The molecular formula is C11H23N5. The summed E-state index contributed by atoms with van der Waals surface area (Å²) in [4.78, 5) is 2.34. The van der Waals surface area contributed by atoms with Crippen molar-refractivity contribution in [2.75, 3.05) is 19.6 Å². The third kappa shape index (κ3) is 3.90. The van der Waals surface area contributed by atoms with E-state index >= 15 is 0 Å². The highest BCUT2D eigenvalue weighted by molar-refractivity contribution is 4.92. The smallest absolute Gasteiger partial charge is 0.0967 e. The first-order valence-electron chi connectivity index (χ1n) is 5.74. The molecule has 92 valence electrons. The Kier molecular flexibility index (Phi) is 4.44. The van der Waals surface area contributed by atoms with Crippen molar-refractivity contribution in [1.82, 2.24) is 19.9 Å². The van der Waals surface area contributed by atoms with Gasteiger partial charge >= 0.3 is 0 Å². The third-order valence-electron chi connectivity index (χ3n) is 2.69. The summed E-state index contributed by atoms with van der Waals surface area (Å²) in [7, 11) is 1.89. The molecule has 0 spiro atoms. The standard InChI is InChI=1S/C11H23N5/c1-5-16(9-11(2,3)8-12)7-10-6-15(4)14-13-10/h6H,5,7-9,12H2,1-4H3. The van der Waals surface area contributed by atoms with Crippen molar-refractivity contribution in [2.45, 2.75) is 27.3 Å². The van der Waals surface area contributed by atoms with E-state index in [4.69, 9.17) is 5.73 Å². The number of aryl methyl sites for hydroxylation is 1. The molecule has 1 rings (SSSR count). The Bertz CT molecular complexity index is 318. The fourth-order valence-corrected chi connectivity index (χ4v) is 1.65. The number of aromatic nitrogens is 3. The van der Waals surface area contributed by atoms with Gasteiger partial charge < -0.3 is 5.73 Å². The van der Waals surface area contributed by atoms with Crippen molar-refractivity contribution in [3.05, 3.63) is 11.9 Å². The van der Waals surface area contributed by atoms with Gasteiger partial charge in [0.05, 0.1) is 5.69 Å². The molecule has 0 aromatic carbocycles. The van der Waals surface area contributed by atoms with Crippen LogP contribution in [0.25, 0.3) is 0 Å². The van der Waals surface area contributed by atoms with Crippen LogP contribution in [-0.2, 0) is 13.6 Å². The van der Waals surface area contributed by atoms with Crippen LogP contribution in [-0.4, -0.2) is 39.5 Å².